The van der Waals surface area contributed by atoms with Crippen molar-refractivity contribution in [3.8, 4) is 17.0 Å². The van der Waals surface area contributed by atoms with Gasteiger partial charge in [-0.25, -0.2) is 36.0 Å². The van der Waals surface area contributed by atoms with Gasteiger partial charge in [0.15, 0.2) is 22.2 Å². The van der Waals surface area contributed by atoms with Gasteiger partial charge in [-0.1, -0.05) is 37.8 Å². The summed E-state index contributed by atoms with van der Waals surface area (Å²) in [5.74, 6) is -4.17. The zero-order chi connectivity index (χ0) is 30.8. The van der Waals surface area contributed by atoms with E-state index in [9.17, 15) is 17.6 Å². The van der Waals surface area contributed by atoms with Crippen LogP contribution in [-0.2, 0) is 26.2 Å². The van der Waals surface area contributed by atoms with Crippen LogP contribution in [0.1, 0.15) is 10.5 Å². The molecule has 0 unspecified atom stereocenters. The lowest BCUT2D eigenvalue weighted by atomic mass is 10.0. The molecule has 2 aromatic heterocycles. The number of ether oxygens (including phenoxy) is 3. The zero-order valence-corrected chi connectivity index (χ0v) is 25.3. The molecular weight excluding hydrogens is 593 g/mol. The average molecular weight is 623 g/mol. The summed E-state index contributed by atoms with van der Waals surface area (Å²) >= 11 is 0. The number of halogens is 3. The highest BCUT2D eigenvalue weighted by atomic mass is 32.2. The number of pyridine rings is 1. The number of anilines is 1. The van der Waals surface area contributed by atoms with E-state index in [4.69, 9.17) is 14.2 Å². The van der Waals surface area contributed by atoms with Crippen molar-refractivity contribution >= 4 is 40.7 Å². The lowest BCUT2D eigenvalue weighted by Crippen LogP contribution is -2.22. The summed E-state index contributed by atoms with van der Waals surface area (Å²) in [5.41, 5.74) is -1.32. The van der Waals surface area contributed by atoms with Crippen LogP contribution in [0.25, 0.3) is 22.0 Å². The smallest absolute Gasteiger partial charge is 0.359 e. The minimum atomic E-state index is -4.57. The second kappa shape index (κ2) is 12.1. The Hall–Kier alpha value is -3.95. The Bertz CT molecular complexity index is 1760. The molecule has 2 aromatic carbocycles. The maximum absolute atomic E-state index is 16.1. The summed E-state index contributed by atoms with van der Waals surface area (Å²) in [5, 5.41) is 4.31. The Morgan fingerprint density at radius 2 is 1.76 bits per heavy atom. The van der Waals surface area contributed by atoms with Crippen LogP contribution in [0, 0.1) is 17.5 Å². The van der Waals surface area contributed by atoms with Crippen molar-refractivity contribution in [2.24, 2.45) is 0 Å². The summed E-state index contributed by atoms with van der Waals surface area (Å²) < 4.78 is 90.3. The number of methoxy groups -OCH3 is 2. The third-order valence-corrected chi connectivity index (χ3v) is 9.30. The normalized spacial score (nSPS) is 12.0. The Morgan fingerprint density at radius 1 is 1.05 bits per heavy atom. The van der Waals surface area contributed by atoms with Crippen LogP contribution in [0.5, 0.6) is 5.88 Å². The van der Waals surface area contributed by atoms with Gasteiger partial charge in [-0.05, 0) is 18.2 Å². The quantitative estimate of drug-likeness (QED) is 0.134. The van der Waals surface area contributed by atoms with Crippen LogP contribution in [-0.4, -0.2) is 58.1 Å². The van der Waals surface area contributed by atoms with Gasteiger partial charge in [0, 0.05) is 37.3 Å². The van der Waals surface area contributed by atoms with Gasteiger partial charge in [0.2, 0.25) is 5.88 Å². The lowest BCUT2D eigenvalue weighted by molar-refractivity contribution is 0.0585. The molecule has 0 fully saturated rings. The Labute approximate surface area is 241 Å². The van der Waals surface area contributed by atoms with E-state index >= 15 is 8.78 Å². The molecule has 0 bridgehead atoms. The molecule has 10 nitrogen and oxygen atoms in total. The largest absolute Gasteiger partial charge is 0.480 e. The molecule has 224 valence electrons. The van der Waals surface area contributed by atoms with E-state index in [1.54, 1.807) is 0 Å². The number of fused-ring (bicyclic) bond motifs is 1. The molecule has 0 saturated carbocycles. The highest BCUT2D eigenvalue weighted by Crippen LogP contribution is 2.35. The fourth-order valence-corrected chi connectivity index (χ4v) is 6.03. The number of rotatable bonds is 11. The molecule has 15 heteroatoms. The SMILES string of the molecule is COC(=O)c1nn(COCC[Si](C)(C)C)c2c(F)c(-c3cccc(NS(=O)(=O)c4cc(F)cnc4OC)c3F)ccc12. The number of carbonyl (C=O) groups is 1. The number of carbonyl (C=O) groups excluding carboxylic acids is 1. The summed E-state index contributed by atoms with van der Waals surface area (Å²) in [6, 6.07) is 7.86. The number of sulfonamides is 1. The molecule has 1 N–H and O–H groups in total. The van der Waals surface area contributed by atoms with E-state index in [0.29, 0.717) is 12.7 Å². The predicted octanol–water partition coefficient (Wildman–Crippen LogP) is 5.42. The van der Waals surface area contributed by atoms with Gasteiger partial charge < -0.3 is 14.2 Å². The maximum atomic E-state index is 16.1. The molecule has 0 amide bonds. The molecule has 0 spiro atoms. The number of esters is 1. The van der Waals surface area contributed by atoms with Gasteiger partial charge in [-0.3, -0.25) is 4.72 Å². The fourth-order valence-electron chi connectivity index (χ4n) is 4.08. The third kappa shape index (κ3) is 6.42. The van der Waals surface area contributed by atoms with E-state index in [-0.39, 0.29) is 34.5 Å². The number of nitrogens with one attached hydrogen (secondary N) is 1. The standard InChI is InChI=1S/C27H29F3N4O6SSi/c1-38-26-21(13-16(28)14-31-26)41(36,37)33-20-8-6-7-17(22(20)29)18-9-10-19-24(27(35)39-2)32-34(25(19)23(18)30)15-40-11-12-42(3,4)5/h6-10,13-14,33H,11-12,15H2,1-5H3. The highest BCUT2D eigenvalue weighted by Gasteiger charge is 2.27. The van der Waals surface area contributed by atoms with Crippen molar-refractivity contribution in [3.05, 3.63) is 65.7 Å². The maximum Gasteiger partial charge on any atom is 0.359 e. The first-order valence-electron chi connectivity index (χ1n) is 12.6. The van der Waals surface area contributed by atoms with E-state index in [0.717, 1.165) is 25.4 Å². The minimum Gasteiger partial charge on any atom is -0.480 e. The van der Waals surface area contributed by atoms with Crippen LogP contribution in [0.2, 0.25) is 25.7 Å². The van der Waals surface area contributed by atoms with Crippen molar-refractivity contribution < 1.29 is 40.6 Å². The molecule has 4 aromatic rings. The van der Waals surface area contributed by atoms with E-state index in [1.165, 1.54) is 36.1 Å². The molecule has 0 aliphatic carbocycles. The van der Waals surface area contributed by atoms with Gasteiger partial charge in [0.25, 0.3) is 10.0 Å². The molecule has 2 heterocycles. The first kappa shape index (κ1) is 31.0. The number of benzene rings is 2. The molecule has 0 atom stereocenters. The monoisotopic (exact) mass is 622 g/mol. The van der Waals surface area contributed by atoms with Crippen molar-refractivity contribution in [2.45, 2.75) is 37.3 Å². The van der Waals surface area contributed by atoms with Gasteiger partial charge in [0.05, 0.1) is 26.1 Å². The summed E-state index contributed by atoms with van der Waals surface area (Å²) in [7, 11) is -3.67. The van der Waals surface area contributed by atoms with Crippen molar-refractivity contribution in [1.82, 2.24) is 14.8 Å². The second-order valence-electron chi connectivity index (χ2n) is 10.4. The Balaban J connectivity index is 1.76. The van der Waals surface area contributed by atoms with Crippen LogP contribution in [0.4, 0.5) is 18.9 Å². The first-order valence-corrected chi connectivity index (χ1v) is 17.8. The third-order valence-electron chi connectivity index (χ3n) is 6.24. The Kier molecular flexibility index (Phi) is 8.94. The number of hydrogen-bond donors (Lipinski definition) is 1. The van der Waals surface area contributed by atoms with Crippen LogP contribution < -0.4 is 9.46 Å². The molecule has 4 rings (SSSR count). The molecular formula is C27H29F3N4O6SSi. The molecule has 0 radical (unpaired) electrons. The van der Waals surface area contributed by atoms with Crippen LogP contribution in [0.3, 0.4) is 0 Å². The topological polar surface area (TPSA) is 122 Å². The second-order valence-corrected chi connectivity index (χ2v) is 17.7. The average Bonchev–Trinajstić information content (AvgIpc) is 3.31. The van der Waals surface area contributed by atoms with Gasteiger partial charge in [0.1, 0.15) is 18.1 Å². The van der Waals surface area contributed by atoms with E-state index in [2.05, 4.69) is 29.7 Å². The van der Waals surface area contributed by atoms with E-state index in [1.807, 2.05) is 4.72 Å². The fraction of sp³-hybridized carbons (Fsp3) is 0.296. The highest BCUT2D eigenvalue weighted by molar-refractivity contribution is 7.92. The van der Waals surface area contributed by atoms with E-state index < -0.39 is 58.0 Å². The summed E-state index contributed by atoms with van der Waals surface area (Å²) in [6.07, 6.45) is 0.770. The minimum absolute atomic E-state index is 0.123. The van der Waals surface area contributed by atoms with Gasteiger partial charge in [-0.15, -0.1) is 0 Å². The molecule has 42 heavy (non-hydrogen) atoms. The summed E-state index contributed by atoms with van der Waals surface area (Å²) in [4.78, 5) is 15.3. The first-order chi connectivity index (χ1) is 19.8. The molecule has 0 aliphatic heterocycles. The molecule has 0 saturated heterocycles. The lowest BCUT2D eigenvalue weighted by Gasteiger charge is -2.16. The van der Waals surface area contributed by atoms with Gasteiger partial charge in [-0.2, -0.15) is 5.10 Å². The predicted molar refractivity (Wildman–Crippen MR) is 152 cm³/mol. The number of hydrogen-bond acceptors (Lipinski definition) is 8. The number of aromatic nitrogens is 3. The Morgan fingerprint density at radius 3 is 2.43 bits per heavy atom. The van der Waals surface area contributed by atoms with Crippen molar-refractivity contribution in [2.75, 3.05) is 25.5 Å². The summed E-state index contributed by atoms with van der Waals surface area (Å²) in [6.45, 7) is 6.75. The van der Waals surface area contributed by atoms with Crippen LogP contribution in [0.15, 0.2) is 47.5 Å². The zero-order valence-electron chi connectivity index (χ0n) is 23.5. The molecule has 0 aliphatic rings. The number of nitrogens with zero attached hydrogens (tertiary/aromatic N) is 3. The van der Waals surface area contributed by atoms with Crippen molar-refractivity contribution in [3.63, 3.8) is 0 Å². The van der Waals surface area contributed by atoms with Crippen LogP contribution >= 0.6 is 0 Å². The van der Waals surface area contributed by atoms with Gasteiger partial charge >= 0.3 is 5.97 Å². The van der Waals surface area contributed by atoms with Crippen molar-refractivity contribution in [1.29, 1.82) is 0 Å².